The number of nitro groups is 1. The van der Waals surface area contributed by atoms with E-state index in [-0.39, 0.29) is 18.3 Å². The van der Waals surface area contributed by atoms with Gasteiger partial charge in [-0.15, -0.1) is 0 Å². The Hall–Kier alpha value is -2.84. The van der Waals surface area contributed by atoms with Gasteiger partial charge in [0.1, 0.15) is 5.60 Å². The summed E-state index contributed by atoms with van der Waals surface area (Å²) >= 11 is 0. The molecule has 1 unspecified atom stereocenters. The molecule has 1 aliphatic rings. The lowest BCUT2D eigenvalue weighted by Gasteiger charge is -2.23. The van der Waals surface area contributed by atoms with Gasteiger partial charge in [-0.3, -0.25) is 10.1 Å². The van der Waals surface area contributed by atoms with E-state index in [4.69, 9.17) is 4.74 Å². The summed E-state index contributed by atoms with van der Waals surface area (Å²) in [5.41, 5.74) is 0.0851. The van der Waals surface area contributed by atoms with Gasteiger partial charge in [-0.1, -0.05) is 18.2 Å². The van der Waals surface area contributed by atoms with E-state index in [1.54, 1.807) is 18.2 Å². The van der Waals surface area contributed by atoms with E-state index in [1.807, 2.05) is 32.6 Å². The number of para-hydroxylation sites is 1. The second kappa shape index (κ2) is 9.38. The number of ether oxygens (including phenoxy) is 1. The molecule has 0 aromatic heterocycles. The first-order chi connectivity index (χ1) is 13.2. The number of benzene rings is 1. The maximum atomic E-state index is 12.0. The quantitative estimate of drug-likeness (QED) is 0.346. The maximum absolute atomic E-state index is 12.0. The molecule has 1 aromatic rings. The van der Waals surface area contributed by atoms with E-state index >= 15 is 0 Å². The number of amides is 1. The number of nitro benzene ring substituents is 1. The number of alkyl carbamates (subject to hydrolysis) is 1. The fourth-order valence-corrected chi connectivity index (χ4v) is 2.95. The van der Waals surface area contributed by atoms with Crippen LogP contribution in [0.4, 0.5) is 10.5 Å². The molecule has 0 aliphatic carbocycles. The lowest BCUT2D eigenvalue weighted by atomic mass is 10.2. The Morgan fingerprint density at radius 2 is 2.11 bits per heavy atom. The van der Waals surface area contributed by atoms with Gasteiger partial charge in [0.2, 0.25) is 0 Å². The van der Waals surface area contributed by atoms with E-state index in [1.165, 1.54) is 6.07 Å². The maximum Gasteiger partial charge on any atom is 0.407 e. The van der Waals surface area contributed by atoms with Crippen LogP contribution in [0.2, 0.25) is 0 Å². The third-order valence-corrected chi connectivity index (χ3v) is 4.13. The Bertz CT molecular complexity index is 729. The monoisotopic (exact) mass is 391 g/mol. The van der Waals surface area contributed by atoms with Gasteiger partial charge in [-0.25, -0.2) is 9.79 Å². The molecule has 1 heterocycles. The summed E-state index contributed by atoms with van der Waals surface area (Å²) in [6.45, 7) is 9.65. The number of rotatable bonds is 5. The highest BCUT2D eigenvalue weighted by atomic mass is 16.6. The average molecular weight is 391 g/mol. The zero-order chi connectivity index (χ0) is 20.7. The van der Waals surface area contributed by atoms with Crippen LogP contribution in [0, 0.1) is 10.1 Å². The minimum atomic E-state index is -0.539. The molecule has 9 nitrogen and oxygen atoms in total. The van der Waals surface area contributed by atoms with E-state index in [0.29, 0.717) is 24.6 Å². The SMILES string of the molecule is CCNC(=NCc1ccccc1[N+](=O)[O-])N1CCC(NC(=O)OC(C)(C)C)C1. The van der Waals surface area contributed by atoms with Crippen LogP contribution in [0.1, 0.15) is 39.7 Å². The first-order valence-electron chi connectivity index (χ1n) is 9.44. The van der Waals surface area contributed by atoms with Gasteiger partial charge in [0.05, 0.1) is 23.1 Å². The lowest BCUT2D eigenvalue weighted by Crippen LogP contribution is -2.44. The number of guanidine groups is 1. The van der Waals surface area contributed by atoms with Crippen LogP contribution < -0.4 is 10.6 Å². The number of carbonyl (C=O) groups is 1. The van der Waals surface area contributed by atoms with Gasteiger partial charge in [0, 0.05) is 25.7 Å². The number of nitrogens with one attached hydrogen (secondary N) is 2. The highest BCUT2D eigenvalue weighted by molar-refractivity contribution is 5.80. The lowest BCUT2D eigenvalue weighted by molar-refractivity contribution is -0.385. The molecule has 0 bridgehead atoms. The van der Waals surface area contributed by atoms with Gasteiger partial charge in [-0.2, -0.15) is 0 Å². The van der Waals surface area contributed by atoms with Crippen molar-refractivity contribution in [3.63, 3.8) is 0 Å². The van der Waals surface area contributed by atoms with Gasteiger partial charge >= 0.3 is 6.09 Å². The number of nitrogens with zero attached hydrogens (tertiary/aromatic N) is 3. The molecule has 0 saturated carbocycles. The van der Waals surface area contributed by atoms with Crippen LogP contribution in [0.25, 0.3) is 0 Å². The number of aliphatic imine (C=N–C) groups is 1. The predicted octanol–water partition coefficient (Wildman–Crippen LogP) is 2.66. The molecule has 154 valence electrons. The first kappa shape index (κ1) is 21.5. The molecule has 1 fully saturated rings. The highest BCUT2D eigenvalue weighted by Crippen LogP contribution is 2.19. The Balaban J connectivity index is 2.02. The number of hydrogen-bond acceptors (Lipinski definition) is 5. The van der Waals surface area contributed by atoms with E-state index in [2.05, 4.69) is 15.6 Å². The zero-order valence-corrected chi connectivity index (χ0v) is 16.9. The third kappa shape index (κ3) is 6.40. The largest absolute Gasteiger partial charge is 0.444 e. The van der Waals surface area contributed by atoms with Crippen molar-refractivity contribution in [1.29, 1.82) is 0 Å². The van der Waals surface area contributed by atoms with Crippen LogP contribution in [-0.2, 0) is 11.3 Å². The van der Waals surface area contributed by atoms with Crippen molar-refractivity contribution >= 4 is 17.7 Å². The number of likely N-dealkylation sites (tertiary alicyclic amines) is 1. The summed E-state index contributed by atoms with van der Waals surface area (Å²) in [5.74, 6) is 0.675. The predicted molar refractivity (Wildman–Crippen MR) is 107 cm³/mol. The van der Waals surface area contributed by atoms with Crippen LogP contribution in [0.3, 0.4) is 0 Å². The fourth-order valence-electron chi connectivity index (χ4n) is 2.95. The van der Waals surface area contributed by atoms with Crippen LogP contribution in [-0.4, -0.2) is 53.2 Å². The summed E-state index contributed by atoms with van der Waals surface area (Å²) < 4.78 is 5.31. The summed E-state index contributed by atoms with van der Waals surface area (Å²) in [6, 6.07) is 6.56. The number of hydrogen-bond donors (Lipinski definition) is 2. The van der Waals surface area contributed by atoms with Crippen LogP contribution >= 0.6 is 0 Å². The van der Waals surface area contributed by atoms with Gasteiger partial charge in [-0.05, 0) is 34.1 Å². The minimum Gasteiger partial charge on any atom is -0.444 e. The topological polar surface area (TPSA) is 109 Å². The Morgan fingerprint density at radius 1 is 1.39 bits per heavy atom. The summed E-state index contributed by atoms with van der Waals surface area (Å²) in [4.78, 5) is 29.4. The van der Waals surface area contributed by atoms with Crippen LogP contribution in [0.5, 0.6) is 0 Å². The molecule has 2 N–H and O–H groups in total. The Kier molecular flexibility index (Phi) is 7.19. The molecule has 1 aliphatic heterocycles. The first-order valence-corrected chi connectivity index (χ1v) is 9.44. The molecule has 0 radical (unpaired) electrons. The standard InChI is InChI=1S/C19H29N5O4/c1-5-20-17(21-12-14-8-6-7-9-16(14)24(26)27)23-11-10-15(13-23)22-18(25)28-19(2,3)4/h6-9,15H,5,10-13H2,1-4H3,(H,20,21)(H,22,25). The third-order valence-electron chi connectivity index (χ3n) is 4.13. The molecule has 1 aromatic carbocycles. The van der Waals surface area contributed by atoms with E-state index in [9.17, 15) is 14.9 Å². The Labute approximate surface area is 165 Å². The molecular weight excluding hydrogens is 362 g/mol. The average Bonchev–Trinajstić information content (AvgIpc) is 3.05. The molecule has 1 atom stereocenters. The number of carbonyl (C=O) groups excluding carboxylic acids is 1. The minimum absolute atomic E-state index is 0.0373. The molecule has 9 heteroatoms. The van der Waals surface area contributed by atoms with Gasteiger partial charge < -0.3 is 20.3 Å². The van der Waals surface area contributed by atoms with Crippen molar-refractivity contribution in [2.24, 2.45) is 4.99 Å². The molecule has 28 heavy (non-hydrogen) atoms. The van der Waals surface area contributed by atoms with E-state index in [0.717, 1.165) is 13.0 Å². The molecular formula is C19H29N5O4. The zero-order valence-electron chi connectivity index (χ0n) is 16.9. The highest BCUT2D eigenvalue weighted by Gasteiger charge is 2.28. The second-order valence-electron chi connectivity index (χ2n) is 7.63. The van der Waals surface area contributed by atoms with Crippen molar-refractivity contribution in [3.05, 3.63) is 39.9 Å². The van der Waals surface area contributed by atoms with Crippen molar-refractivity contribution in [3.8, 4) is 0 Å². The van der Waals surface area contributed by atoms with E-state index < -0.39 is 16.6 Å². The fraction of sp³-hybridized carbons (Fsp3) is 0.579. The summed E-state index contributed by atoms with van der Waals surface area (Å²) in [6.07, 6.45) is 0.344. The van der Waals surface area contributed by atoms with Crippen LogP contribution in [0.15, 0.2) is 29.3 Å². The van der Waals surface area contributed by atoms with Gasteiger partial charge in [0.15, 0.2) is 5.96 Å². The van der Waals surface area contributed by atoms with Crippen molar-refractivity contribution in [2.45, 2.75) is 52.3 Å². The molecule has 1 saturated heterocycles. The summed E-state index contributed by atoms with van der Waals surface area (Å²) in [5, 5.41) is 17.3. The smallest absolute Gasteiger partial charge is 0.407 e. The van der Waals surface area contributed by atoms with Crippen molar-refractivity contribution in [1.82, 2.24) is 15.5 Å². The Morgan fingerprint density at radius 3 is 2.75 bits per heavy atom. The second-order valence-corrected chi connectivity index (χ2v) is 7.63. The van der Waals surface area contributed by atoms with Gasteiger partial charge in [0.25, 0.3) is 5.69 Å². The molecule has 2 rings (SSSR count). The van der Waals surface area contributed by atoms with Crippen molar-refractivity contribution in [2.75, 3.05) is 19.6 Å². The molecule has 0 spiro atoms. The molecule has 1 amide bonds. The summed E-state index contributed by atoms with van der Waals surface area (Å²) in [7, 11) is 0. The normalized spacial score (nSPS) is 17.4. The van der Waals surface area contributed by atoms with Crippen molar-refractivity contribution < 1.29 is 14.5 Å².